The molecule has 1 saturated heterocycles. The normalized spacial score (nSPS) is 18.0. The van der Waals surface area contributed by atoms with E-state index in [9.17, 15) is 13.2 Å². The minimum Gasteiger partial charge on any atom is -0.497 e. The van der Waals surface area contributed by atoms with Crippen LogP contribution in [0.15, 0.2) is 29.4 Å². The van der Waals surface area contributed by atoms with Gasteiger partial charge in [-0.3, -0.25) is 9.20 Å². The van der Waals surface area contributed by atoms with E-state index in [1.165, 1.54) is 11.8 Å². The Labute approximate surface area is 192 Å². The van der Waals surface area contributed by atoms with E-state index in [1.54, 1.807) is 12.0 Å². The molecule has 1 unspecified atom stereocenters. The minimum atomic E-state index is -3.07. The molecule has 8 nitrogen and oxygen atoms in total. The lowest BCUT2D eigenvalue weighted by molar-refractivity contribution is -0.130. The number of sulfone groups is 1. The van der Waals surface area contributed by atoms with Crippen molar-refractivity contribution in [2.45, 2.75) is 38.4 Å². The zero-order valence-electron chi connectivity index (χ0n) is 18.7. The van der Waals surface area contributed by atoms with Crippen molar-refractivity contribution in [1.29, 1.82) is 0 Å². The van der Waals surface area contributed by atoms with E-state index in [2.05, 4.69) is 10.2 Å². The van der Waals surface area contributed by atoms with Gasteiger partial charge >= 0.3 is 0 Å². The highest BCUT2D eigenvalue weighted by molar-refractivity contribution is 7.99. The van der Waals surface area contributed by atoms with Crippen LogP contribution < -0.4 is 4.74 Å². The van der Waals surface area contributed by atoms with Crippen LogP contribution in [-0.2, 0) is 14.6 Å². The van der Waals surface area contributed by atoms with Gasteiger partial charge in [-0.25, -0.2) is 8.42 Å². The second-order valence-electron chi connectivity index (χ2n) is 8.67. The summed E-state index contributed by atoms with van der Waals surface area (Å²) in [5.74, 6) is 1.28. The van der Waals surface area contributed by atoms with Crippen molar-refractivity contribution in [2.24, 2.45) is 5.92 Å². The summed E-state index contributed by atoms with van der Waals surface area (Å²) in [4.78, 5) is 14.9. The lowest BCUT2D eigenvalue weighted by Gasteiger charge is -2.29. The molecule has 172 valence electrons. The molecule has 2 aromatic heterocycles. The fourth-order valence-electron chi connectivity index (χ4n) is 4.20. The average Bonchev–Trinajstić information content (AvgIpc) is 3.32. The molecule has 32 heavy (non-hydrogen) atoms. The molecule has 4 rings (SSSR count). The molecule has 3 heterocycles. The summed E-state index contributed by atoms with van der Waals surface area (Å²) in [6.45, 7) is 6.63. The predicted molar refractivity (Wildman–Crippen MR) is 126 cm³/mol. The quantitative estimate of drug-likeness (QED) is 0.484. The molecule has 1 fully saturated rings. The summed E-state index contributed by atoms with van der Waals surface area (Å²) >= 11 is 1.32. The first-order chi connectivity index (χ1) is 15.2. The van der Waals surface area contributed by atoms with Crippen LogP contribution in [0, 0.1) is 12.8 Å². The van der Waals surface area contributed by atoms with Crippen LogP contribution in [0.4, 0.5) is 0 Å². The number of nitrogens with zero attached hydrogens (tertiary/aromatic N) is 4. The van der Waals surface area contributed by atoms with Gasteiger partial charge in [-0.15, -0.1) is 10.2 Å². The molecule has 0 aliphatic carbocycles. The van der Waals surface area contributed by atoms with Crippen LogP contribution in [0.3, 0.4) is 0 Å². The summed E-state index contributed by atoms with van der Waals surface area (Å²) in [7, 11) is -1.44. The molecule has 0 N–H and O–H groups in total. The molecule has 0 spiro atoms. The van der Waals surface area contributed by atoms with Crippen molar-refractivity contribution in [3.8, 4) is 5.75 Å². The van der Waals surface area contributed by atoms with Gasteiger partial charge in [0.15, 0.2) is 20.6 Å². The molecule has 0 radical (unpaired) electrons. The Bertz CT molecular complexity index is 1270. The number of hydrogen-bond donors (Lipinski definition) is 0. The largest absolute Gasteiger partial charge is 0.497 e. The van der Waals surface area contributed by atoms with Crippen LogP contribution in [0.2, 0.25) is 0 Å². The van der Waals surface area contributed by atoms with Gasteiger partial charge in [-0.05, 0) is 43.0 Å². The number of fused-ring (bicyclic) bond motifs is 3. The van der Waals surface area contributed by atoms with E-state index in [-0.39, 0.29) is 35.1 Å². The highest BCUT2D eigenvalue weighted by atomic mass is 32.2. The highest BCUT2D eigenvalue weighted by Crippen LogP contribution is 2.29. The third-order valence-corrected chi connectivity index (χ3v) is 8.39. The second-order valence-corrected chi connectivity index (χ2v) is 11.8. The monoisotopic (exact) mass is 476 g/mol. The Balaban J connectivity index is 1.61. The Hall–Kier alpha value is -2.33. The average molecular weight is 477 g/mol. The van der Waals surface area contributed by atoms with E-state index in [1.807, 2.05) is 49.4 Å². The Kier molecular flexibility index (Phi) is 6.35. The van der Waals surface area contributed by atoms with Gasteiger partial charge in [0.1, 0.15) is 5.75 Å². The Morgan fingerprint density at radius 2 is 2.09 bits per heavy atom. The van der Waals surface area contributed by atoms with Gasteiger partial charge in [0.05, 0.1) is 29.9 Å². The van der Waals surface area contributed by atoms with E-state index >= 15 is 0 Å². The van der Waals surface area contributed by atoms with Gasteiger partial charge in [-0.1, -0.05) is 25.6 Å². The number of thioether (sulfide) groups is 1. The summed E-state index contributed by atoms with van der Waals surface area (Å²) in [5, 5.41) is 10.3. The first-order valence-corrected chi connectivity index (χ1v) is 13.4. The number of aromatic nitrogens is 3. The molecule has 1 aliphatic rings. The van der Waals surface area contributed by atoms with Crippen molar-refractivity contribution < 1.29 is 17.9 Å². The van der Waals surface area contributed by atoms with Crippen LogP contribution in [0.5, 0.6) is 5.75 Å². The summed E-state index contributed by atoms with van der Waals surface area (Å²) in [5.41, 5.74) is 2.71. The topological polar surface area (TPSA) is 93.9 Å². The number of ether oxygens (including phenoxy) is 1. The Morgan fingerprint density at radius 1 is 1.31 bits per heavy atom. The maximum absolute atomic E-state index is 13.2. The number of pyridine rings is 1. The fourth-order valence-corrected chi connectivity index (χ4v) is 6.77. The van der Waals surface area contributed by atoms with Crippen molar-refractivity contribution >= 4 is 44.1 Å². The standard InChI is InChI=1S/C22H28N4O4S2/c1-14(2)11-25(16-7-8-32(28,29)13-16)21(27)12-31-22-24-23-20-9-15(3)18-6-5-17(30-4)10-19(18)26(20)22/h5-6,9-10,14,16H,7-8,11-13H2,1-4H3. The molecular weight excluding hydrogens is 448 g/mol. The van der Waals surface area contributed by atoms with Crippen molar-refractivity contribution in [3.63, 3.8) is 0 Å². The lowest BCUT2D eigenvalue weighted by Crippen LogP contribution is -2.44. The maximum Gasteiger partial charge on any atom is 0.233 e. The molecule has 10 heteroatoms. The SMILES string of the molecule is COc1ccc2c(C)cc3nnc(SCC(=O)N(CC(C)C)C4CCS(=O)(=O)C4)n3c2c1. The van der Waals surface area contributed by atoms with Gasteiger partial charge in [-0.2, -0.15) is 0 Å². The molecular formula is C22H28N4O4S2. The van der Waals surface area contributed by atoms with E-state index < -0.39 is 9.84 Å². The molecule has 0 saturated carbocycles. The number of methoxy groups -OCH3 is 1. The van der Waals surface area contributed by atoms with E-state index in [0.29, 0.717) is 23.8 Å². The van der Waals surface area contributed by atoms with E-state index in [0.717, 1.165) is 22.2 Å². The number of aryl methyl sites for hydroxylation is 1. The van der Waals surface area contributed by atoms with Gasteiger partial charge in [0.25, 0.3) is 0 Å². The van der Waals surface area contributed by atoms with Crippen LogP contribution in [0.1, 0.15) is 25.8 Å². The third-order valence-electron chi connectivity index (χ3n) is 5.73. The van der Waals surface area contributed by atoms with Gasteiger partial charge < -0.3 is 9.64 Å². The van der Waals surface area contributed by atoms with Crippen molar-refractivity contribution in [2.75, 3.05) is 30.9 Å². The first-order valence-electron chi connectivity index (χ1n) is 10.6. The summed E-state index contributed by atoms with van der Waals surface area (Å²) in [6, 6.07) is 7.59. The van der Waals surface area contributed by atoms with Crippen molar-refractivity contribution in [1.82, 2.24) is 19.5 Å². The molecule has 1 atom stereocenters. The fraction of sp³-hybridized carbons (Fsp3) is 0.500. The summed E-state index contributed by atoms with van der Waals surface area (Å²) in [6.07, 6.45) is 0.503. The number of carbonyl (C=O) groups excluding carboxylic acids is 1. The number of rotatable bonds is 7. The van der Waals surface area contributed by atoms with E-state index in [4.69, 9.17) is 4.74 Å². The summed E-state index contributed by atoms with van der Waals surface area (Å²) < 4.78 is 31.3. The van der Waals surface area contributed by atoms with Gasteiger partial charge in [0.2, 0.25) is 5.91 Å². The zero-order valence-corrected chi connectivity index (χ0v) is 20.4. The zero-order chi connectivity index (χ0) is 23.0. The molecule has 1 aromatic carbocycles. The predicted octanol–water partition coefficient (Wildman–Crippen LogP) is 2.96. The number of benzene rings is 1. The number of amides is 1. The van der Waals surface area contributed by atoms with Crippen LogP contribution >= 0.6 is 11.8 Å². The number of hydrogen-bond acceptors (Lipinski definition) is 7. The molecule has 1 aliphatic heterocycles. The maximum atomic E-state index is 13.2. The lowest BCUT2D eigenvalue weighted by atomic mass is 10.1. The van der Waals surface area contributed by atoms with Crippen LogP contribution in [0.25, 0.3) is 16.6 Å². The first kappa shape index (κ1) is 22.8. The van der Waals surface area contributed by atoms with Crippen LogP contribution in [-0.4, -0.2) is 70.8 Å². The minimum absolute atomic E-state index is 0.0493. The van der Waals surface area contributed by atoms with Gasteiger partial charge in [0, 0.05) is 24.0 Å². The molecule has 3 aromatic rings. The molecule has 1 amide bonds. The molecule has 0 bridgehead atoms. The number of carbonyl (C=O) groups is 1. The second kappa shape index (κ2) is 8.90. The van der Waals surface area contributed by atoms with Crippen molar-refractivity contribution in [3.05, 3.63) is 29.8 Å². The smallest absolute Gasteiger partial charge is 0.233 e. The Morgan fingerprint density at radius 3 is 2.75 bits per heavy atom. The third kappa shape index (κ3) is 4.56. The highest BCUT2D eigenvalue weighted by Gasteiger charge is 2.34.